The zero-order valence-corrected chi connectivity index (χ0v) is 9.92. The molecule has 0 bridgehead atoms. The van der Waals surface area contributed by atoms with Crippen LogP contribution >= 0.6 is 0 Å². The van der Waals surface area contributed by atoms with Gasteiger partial charge in [-0.25, -0.2) is 0 Å². The van der Waals surface area contributed by atoms with Crippen molar-refractivity contribution < 1.29 is 19.4 Å². The Morgan fingerprint density at radius 3 is 2.89 bits per heavy atom. The van der Waals surface area contributed by atoms with Crippen LogP contribution < -0.4 is 15.4 Å². The Kier molecular flexibility index (Phi) is 3.20. The van der Waals surface area contributed by atoms with E-state index < -0.39 is 12.0 Å². The van der Waals surface area contributed by atoms with Gasteiger partial charge in [0.15, 0.2) is 6.10 Å². The van der Waals surface area contributed by atoms with Crippen molar-refractivity contribution in [3.05, 3.63) is 23.8 Å². The summed E-state index contributed by atoms with van der Waals surface area (Å²) in [4.78, 5) is 24.2. The summed E-state index contributed by atoms with van der Waals surface area (Å²) in [6.45, 7) is 1.30. The third-order valence-electron chi connectivity index (χ3n) is 2.73. The number of benzene rings is 1. The molecule has 3 N–H and O–H groups in total. The number of anilines is 1. The van der Waals surface area contributed by atoms with Gasteiger partial charge < -0.3 is 15.6 Å². The summed E-state index contributed by atoms with van der Waals surface area (Å²) in [5, 5.41) is 9.06. The summed E-state index contributed by atoms with van der Waals surface area (Å²) in [6.07, 6.45) is -0.675. The summed E-state index contributed by atoms with van der Waals surface area (Å²) in [6, 6.07) is 4.94. The van der Waals surface area contributed by atoms with Gasteiger partial charge in [-0.2, -0.15) is 0 Å². The fraction of sp³-hybridized carbons (Fsp3) is 0.333. The van der Waals surface area contributed by atoms with Gasteiger partial charge in [0.2, 0.25) is 5.91 Å². The van der Waals surface area contributed by atoms with E-state index in [1.165, 1.54) is 4.90 Å². The first-order valence-corrected chi connectivity index (χ1v) is 5.53. The van der Waals surface area contributed by atoms with E-state index in [-0.39, 0.29) is 19.1 Å². The van der Waals surface area contributed by atoms with Crippen molar-refractivity contribution in [3.8, 4) is 5.75 Å². The highest BCUT2D eigenvalue weighted by molar-refractivity contribution is 6.03. The van der Waals surface area contributed by atoms with Crippen molar-refractivity contribution >= 4 is 17.5 Å². The molecule has 0 aromatic heterocycles. The van der Waals surface area contributed by atoms with E-state index in [0.717, 1.165) is 0 Å². The van der Waals surface area contributed by atoms with E-state index in [4.69, 9.17) is 15.6 Å². The second-order valence-electron chi connectivity index (χ2n) is 4.11. The minimum Gasteiger partial charge on any atom is -0.479 e. The highest BCUT2D eigenvalue weighted by Crippen LogP contribution is 2.34. The Balaban J connectivity index is 2.43. The third kappa shape index (κ3) is 2.14. The molecule has 2 rings (SSSR count). The normalized spacial score (nSPS) is 18.2. The number of primary amides is 1. The molecule has 0 radical (unpaired) electrons. The zero-order valence-electron chi connectivity index (χ0n) is 9.92. The number of carbonyl (C=O) groups excluding carboxylic acids is 2. The lowest BCUT2D eigenvalue weighted by Gasteiger charge is -2.32. The SMILES string of the molecule is CC1Oc2cc(CO)ccc2N(CC(N)=O)C1=O. The van der Waals surface area contributed by atoms with Crippen molar-refractivity contribution in [1.29, 1.82) is 0 Å². The van der Waals surface area contributed by atoms with Crippen LogP contribution in [0.2, 0.25) is 0 Å². The summed E-state index contributed by atoms with van der Waals surface area (Å²) in [5.41, 5.74) is 6.30. The number of hydrogen-bond donors (Lipinski definition) is 2. The number of aliphatic hydroxyl groups is 1. The first-order valence-electron chi connectivity index (χ1n) is 5.53. The van der Waals surface area contributed by atoms with Gasteiger partial charge in [-0.15, -0.1) is 0 Å². The molecular formula is C12H14N2O4. The number of rotatable bonds is 3. The predicted octanol–water partition coefficient (Wildman–Crippen LogP) is -0.222. The quantitative estimate of drug-likeness (QED) is 0.775. The van der Waals surface area contributed by atoms with Gasteiger partial charge >= 0.3 is 0 Å². The molecule has 0 saturated carbocycles. The topological polar surface area (TPSA) is 92.9 Å². The molecule has 1 atom stereocenters. The van der Waals surface area contributed by atoms with Gasteiger partial charge in [0, 0.05) is 0 Å². The van der Waals surface area contributed by atoms with Crippen molar-refractivity contribution in [3.63, 3.8) is 0 Å². The lowest BCUT2D eigenvalue weighted by Crippen LogP contribution is -2.47. The minimum absolute atomic E-state index is 0.116. The average Bonchev–Trinajstić information content (AvgIpc) is 2.33. The maximum atomic E-state index is 11.9. The van der Waals surface area contributed by atoms with Crippen molar-refractivity contribution in [2.75, 3.05) is 11.4 Å². The van der Waals surface area contributed by atoms with E-state index >= 15 is 0 Å². The minimum atomic E-state index is -0.675. The molecule has 0 fully saturated rings. The van der Waals surface area contributed by atoms with Crippen LogP contribution in [0.5, 0.6) is 5.75 Å². The van der Waals surface area contributed by atoms with Crippen LogP contribution in [-0.4, -0.2) is 29.6 Å². The Hall–Kier alpha value is -2.08. The Morgan fingerprint density at radius 2 is 2.28 bits per heavy atom. The molecule has 1 aliphatic heterocycles. The molecule has 1 unspecified atom stereocenters. The Morgan fingerprint density at radius 1 is 1.56 bits per heavy atom. The molecule has 6 heteroatoms. The van der Waals surface area contributed by atoms with Crippen LogP contribution in [0, 0.1) is 0 Å². The zero-order chi connectivity index (χ0) is 13.3. The molecule has 1 aromatic rings. The molecule has 0 aliphatic carbocycles. The molecule has 96 valence electrons. The second kappa shape index (κ2) is 4.66. The highest BCUT2D eigenvalue weighted by Gasteiger charge is 2.32. The van der Waals surface area contributed by atoms with Crippen LogP contribution in [0.15, 0.2) is 18.2 Å². The van der Waals surface area contributed by atoms with Gasteiger partial charge in [-0.1, -0.05) is 6.07 Å². The van der Waals surface area contributed by atoms with E-state index in [1.54, 1.807) is 25.1 Å². The number of amides is 2. The maximum Gasteiger partial charge on any atom is 0.268 e. The molecule has 0 spiro atoms. The number of aliphatic hydroxyl groups excluding tert-OH is 1. The Labute approximate surface area is 104 Å². The van der Waals surface area contributed by atoms with Crippen LogP contribution in [0.1, 0.15) is 12.5 Å². The largest absolute Gasteiger partial charge is 0.479 e. The summed E-state index contributed by atoms with van der Waals surface area (Å²) < 4.78 is 5.44. The first-order chi connectivity index (χ1) is 8.52. The molecule has 6 nitrogen and oxygen atoms in total. The number of ether oxygens (including phenoxy) is 1. The number of nitrogens with zero attached hydrogens (tertiary/aromatic N) is 1. The van der Waals surface area contributed by atoms with E-state index in [1.807, 2.05) is 0 Å². The monoisotopic (exact) mass is 250 g/mol. The van der Waals surface area contributed by atoms with Gasteiger partial charge in [-0.3, -0.25) is 14.5 Å². The highest BCUT2D eigenvalue weighted by atomic mass is 16.5. The van der Waals surface area contributed by atoms with Gasteiger partial charge in [0.1, 0.15) is 12.3 Å². The molecular weight excluding hydrogens is 236 g/mol. The lowest BCUT2D eigenvalue weighted by atomic mass is 10.1. The molecule has 1 aromatic carbocycles. The van der Waals surface area contributed by atoms with E-state index in [9.17, 15) is 9.59 Å². The van der Waals surface area contributed by atoms with Crippen molar-refractivity contribution in [2.24, 2.45) is 5.73 Å². The number of carbonyl (C=O) groups is 2. The maximum absolute atomic E-state index is 11.9. The first kappa shape index (κ1) is 12.4. The number of hydrogen-bond acceptors (Lipinski definition) is 4. The molecule has 1 heterocycles. The Bertz CT molecular complexity index is 501. The standard InChI is InChI=1S/C12H14N2O4/c1-7-12(17)14(5-11(13)16)9-3-2-8(6-15)4-10(9)18-7/h2-4,7,15H,5-6H2,1H3,(H2,13,16). The van der Waals surface area contributed by atoms with E-state index in [0.29, 0.717) is 17.0 Å². The fourth-order valence-corrected chi connectivity index (χ4v) is 1.87. The van der Waals surface area contributed by atoms with Crippen LogP contribution in [-0.2, 0) is 16.2 Å². The number of fused-ring (bicyclic) bond motifs is 1. The van der Waals surface area contributed by atoms with Crippen molar-refractivity contribution in [1.82, 2.24) is 0 Å². The third-order valence-corrected chi connectivity index (χ3v) is 2.73. The molecule has 2 amide bonds. The van der Waals surface area contributed by atoms with Gasteiger partial charge in [-0.05, 0) is 24.6 Å². The average molecular weight is 250 g/mol. The molecule has 1 aliphatic rings. The second-order valence-corrected chi connectivity index (χ2v) is 4.11. The van der Waals surface area contributed by atoms with Crippen LogP contribution in [0.3, 0.4) is 0 Å². The predicted molar refractivity (Wildman–Crippen MR) is 64.0 cm³/mol. The summed E-state index contributed by atoms with van der Waals surface area (Å²) in [7, 11) is 0. The van der Waals surface area contributed by atoms with Gasteiger partial charge in [0.05, 0.1) is 12.3 Å². The van der Waals surface area contributed by atoms with E-state index in [2.05, 4.69) is 0 Å². The van der Waals surface area contributed by atoms with Crippen LogP contribution in [0.4, 0.5) is 5.69 Å². The summed E-state index contributed by atoms with van der Waals surface area (Å²) in [5.74, 6) is -0.428. The summed E-state index contributed by atoms with van der Waals surface area (Å²) >= 11 is 0. The van der Waals surface area contributed by atoms with Crippen LogP contribution in [0.25, 0.3) is 0 Å². The van der Waals surface area contributed by atoms with Gasteiger partial charge in [0.25, 0.3) is 5.91 Å². The fourth-order valence-electron chi connectivity index (χ4n) is 1.87. The van der Waals surface area contributed by atoms with Crippen molar-refractivity contribution in [2.45, 2.75) is 19.6 Å². The molecule has 0 saturated heterocycles. The lowest BCUT2D eigenvalue weighted by molar-refractivity contribution is -0.127. The smallest absolute Gasteiger partial charge is 0.268 e. The molecule has 18 heavy (non-hydrogen) atoms. The number of nitrogens with two attached hydrogens (primary N) is 1.